The van der Waals surface area contributed by atoms with Crippen LogP contribution >= 0.6 is 45.2 Å². The fourth-order valence-electron chi connectivity index (χ4n) is 1.91. The van der Waals surface area contributed by atoms with Crippen molar-refractivity contribution < 1.29 is 4.74 Å². The van der Waals surface area contributed by atoms with E-state index in [9.17, 15) is 0 Å². The fourth-order valence-corrected chi connectivity index (χ4v) is 3.09. The minimum absolute atomic E-state index is 0.831. The average Bonchev–Trinajstić information content (AvgIpc) is 2.76. The number of methoxy groups -OCH3 is 1. The zero-order chi connectivity index (χ0) is 13.4. The van der Waals surface area contributed by atoms with Gasteiger partial charge < -0.3 is 4.74 Å². The molecule has 0 spiro atoms. The summed E-state index contributed by atoms with van der Waals surface area (Å²) < 4.78 is 9.62. The van der Waals surface area contributed by atoms with Crippen LogP contribution in [0.3, 0.4) is 0 Å². The highest BCUT2D eigenvalue weighted by molar-refractivity contribution is 14.1. The van der Waals surface area contributed by atoms with Crippen molar-refractivity contribution in [3.8, 4) is 17.0 Å². The van der Waals surface area contributed by atoms with E-state index < -0.39 is 0 Å². The van der Waals surface area contributed by atoms with E-state index in [0.717, 1.165) is 26.4 Å². The molecule has 0 aliphatic rings. The lowest BCUT2D eigenvalue weighted by atomic mass is 10.2. The standard InChI is InChI=1S/C14H10I2N2O/c1-19-11-6-7-12-17-13(14(16)18(12)8-11)9-2-4-10(15)5-3-9/h2-8H,1H3. The van der Waals surface area contributed by atoms with Gasteiger partial charge in [0.15, 0.2) is 0 Å². The van der Waals surface area contributed by atoms with Crippen molar-refractivity contribution in [2.24, 2.45) is 0 Å². The summed E-state index contributed by atoms with van der Waals surface area (Å²) in [5.74, 6) is 0.831. The van der Waals surface area contributed by atoms with Crippen LogP contribution in [0.15, 0.2) is 42.6 Å². The SMILES string of the molecule is COc1ccc2nc(-c3ccc(I)cc3)c(I)n2c1. The molecular formula is C14H10I2N2O. The maximum Gasteiger partial charge on any atom is 0.138 e. The molecule has 96 valence electrons. The largest absolute Gasteiger partial charge is 0.495 e. The van der Waals surface area contributed by atoms with Crippen LogP contribution in [0.5, 0.6) is 5.75 Å². The molecule has 0 aliphatic heterocycles. The van der Waals surface area contributed by atoms with Crippen molar-refractivity contribution >= 4 is 50.8 Å². The van der Waals surface area contributed by atoms with Gasteiger partial charge >= 0.3 is 0 Å². The molecule has 0 bridgehead atoms. The molecule has 0 atom stereocenters. The Balaban J connectivity index is 2.19. The first-order valence-corrected chi connectivity index (χ1v) is 7.82. The second-order valence-corrected chi connectivity index (χ2v) is 6.32. The van der Waals surface area contributed by atoms with Gasteiger partial charge in [0.25, 0.3) is 0 Å². The lowest BCUT2D eigenvalue weighted by molar-refractivity contribution is 0.412. The van der Waals surface area contributed by atoms with Crippen molar-refractivity contribution in [1.29, 1.82) is 0 Å². The number of halogens is 2. The van der Waals surface area contributed by atoms with Gasteiger partial charge in [0, 0.05) is 9.13 Å². The predicted molar refractivity (Wildman–Crippen MR) is 92.6 cm³/mol. The molecular weight excluding hydrogens is 466 g/mol. The summed E-state index contributed by atoms with van der Waals surface area (Å²) in [7, 11) is 1.67. The molecule has 0 unspecified atom stereocenters. The van der Waals surface area contributed by atoms with E-state index in [-0.39, 0.29) is 0 Å². The maximum absolute atomic E-state index is 5.26. The predicted octanol–water partition coefficient (Wildman–Crippen LogP) is 4.22. The van der Waals surface area contributed by atoms with E-state index in [1.54, 1.807) is 7.11 Å². The van der Waals surface area contributed by atoms with Crippen LogP contribution in [0.2, 0.25) is 0 Å². The molecule has 0 amide bonds. The summed E-state index contributed by atoms with van der Waals surface area (Å²) in [6, 6.07) is 12.3. The average molecular weight is 476 g/mol. The van der Waals surface area contributed by atoms with Crippen LogP contribution in [0, 0.1) is 7.27 Å². The lowest BCUT2D eigenvalue weighted by Crippen LogP contribution is -1.90. The van der Waals surface area contributed by atoms with E-state index in [4.69, 9.17) is 4.74 Å². The van der Waals surface area contributed by atoms with Crippen molar-refractivity contribution in [3.05, 3.63) is 49.9 Å². The first-order valence-electron chi connectivity index (χ1n) is 5.66. The van der Waals surface area contributed by atoms with Gasteiger partial charge in [0.05, 0.1) is 13.3 Å². The normalized spacial score (nSPS) is 10.9. The van der Waals surface area contributed by atoms with Crippen molar-refractivity contribution in [2.75, 3.05) is 7.11 Å². The molecule has 2 heterocycles. The summed E-state index contributed by atoms with van der Waals surface area (Å²) in [6.07, 6.45) is 1.96. The molecule has 0 N–H and O–H groups in total. The Kier molecular flexibility index (Phi) is 3.66. The number of fused-ring (bicyclic) bond motifs is 1. The van der Waals surface area contributed by atoms with Crippen LogP contribution in [0.4, 0.5) is 0 Å². The van der Waals surface area contributed by atoms with Crippen LogP contribution in [-0.2, 0) is 0 Å². The number of imidazole rings is 1. The molecule has 2 aromatic heterocycles. The van der Waals surface area contributed by atoms with Crippen LogP contribution in [0.1, 0.15) is 0 Å². The zero-order valence-corrected chi connectivity index (χ0v) is 14.4. The second-order valence-electron chi connectivity index (χ2n) is 4.06. The fraction of sp³-hybridized carbons (Fsp3) is 0.0714. The van der Waals surface area contributed by atoms with Gasteiger partial charge in [-0.3, -0.25) is 4.40 Å². The molecule has 1 aromatic carbocycles. The van der Waals surface area contributed by atoms with Crippen LogP contribution in [-0.4, -0.2) is 16.5 Å². The quantitative estimate of drug-likeness (QED) is 0.519. The number of aromatic nitrogens is 2. The van der Waals surface area contributed by atoms with Gasteiger partial charge in [0.2, 0.25) is 0 Å². The Morgan fingerprint density at radius 3 is 2.47 bits per heavy atom. The molecule has 3 nitrogen and oxygen atoms in total. The Labute approximate surface area is 138 Å². The first kappa shape index (κ1) is 13.2. The molecule has 0 radical (unpaired) electrons. The van der Waals surface area contributed by atoms with Gasteiger partial charge in [-0.2, -0.15) is 0 Å². The highest BCUT2D eigenvalue weighted by atomic mass is 127. The zero-order valence-electron chi connectivity index (χ0n) is 10.1. The lowest BCUT2D eigenvalue weighted by Gasteiger charge is -2.01. The maximum atomic E-state index is 5.26. The summed E-state index contributed by atoms with van der Waals surface area (Å²) in [4.78, 5) is 4.69. The van der Waals surface area contributed by atoms with Crippen LogP contribution in [0.25, 0.3) is 16.9 Å². The highest BCUT2D eigenvalue weighted by Crippen LogP contribution is 2.27. The van der Waals surface area contributed by atoms with Gasteiger partial charge in [-0.05, 0) is 69.4 Å². The summed E-state index contributed by atoms with van der Waals surface area (Å²) >= 11 is 4.63. The van der Waals surface area contributed by atoms with Gasteiger partial charge in [-0.25, -0.2) is 4.98 Å². The number of hydrogen-bond acceptors (Lipinski definition) is 2. The van der Waals surface area contributed by atoms with Gasteiger partial charge in [-0.1, -0.05) is 12.1 Å². The number of rotatable bonds is 2. The Hall–Kier alpha value is -0.830. The molecule has 3 rings (SSSR count). The third-order valence-corrected chi connectivity index (χ3v) is 4.64. The first-order chi connectivity index (χ1) is 9.19. The number of pyridine rings is 1. The second kappa shape index (κ2) is 5.28. The third-order valence-electron chi connectivity index (χ3n) is 2.89. The molecule has 0 aliphatic carbocycles. The minimum Gasteiger partial charge on any atom is -0.495 e. The van der Waals surface area contributed by atoms with E-state index in [0.29, 0.717) is 0 Å². The van der Waals surface area contributed by atoms with Gasteiger partial charge in [-0.15, -0.1) is 0 Å². The van der Waals surface area contributed by atoms with Crippen LogP contribution < -0.4 is 4.74 Å². The Bertz CT molecular complexity index is 735. The number of ether oxygens (including phenoxy) is 1. The van der Waals surface area contributed by atoms with Crippen molar-refractivity contribution in [2.45, 2.75) is 0 Å². The van der Waals surface area contributed by atoms with E-state index >= 15 is 0 Å². The number of hydrogen-bond donors (Lipinski definition) is 0. The highest BCUT2D eigenvalue weighted by Gasteiger charge is 2.12. The summed E-state index contributed by atoms with van der Waals surface area (Å²) in [5.41, 5.74) is 3.07. The third kappa shape index (κ3) is 2.45. The molecule has 0 saturated carbocycles. The molecule has 5 heteroatoms. The van der Waals surface area contributed by atoms with Crippen molar-refractivity contribution in [3.63, 3.8) is 0 Å². The molecule has 0 saturated heterocycles. The smallest absolute Gasteiger partial charge is 0.138 e. The molecule has 3 aromatic rings. The molecule has 0 fully saturated rings. The monoisotopic (exact) mass is 476 g/mol. The molecule has 19 heavy (non-hydrogen) atoms. The minimum atomic E-state index is 0.831. The van der Waals surface area contributed by atoms with E-state index in [2.05, 4.69) is 74.4 Å². The van der Waals surface area contributed by atoms with Crippen molar-refractivity contribution in [1.82, 2.24) is 9.38 Å². The summed E-state index contributed by atoms with van der Waals surface area (Å²) in [6.45, 7) is 0. The summed E-state index contributed by atoms with van der Waals surface area (Å²) in [5, 5.41) is 0. The number of benzene rings is 1. The Morgan fingerprint density at radius 1 is 1.05 bits per heavy atom. The number of nitrogens with zero attached hydrogens (tertiary/aromatic N) is 2. The Morgan fingerprint density at radius 2 is 1.79 bits per heavy atom. The van der Waals surface area contributed by atoms with Gasteiger partial charge in [0.1, 0.15) is 20.8 Å². The van der Waals surface area contributed by atoms with E-state index in [1.807, 2.05) is 22.7 Å². The van der Waals surface area contributed by atoms with E-state index in [1.165, 1.54) is 3.57 Å². The topological polar surface area (TPSA) is 26.5 Å².